The molecule has 5 nitrogen and oxygen atoms in total. The van der Waals surface area contributed by atoms with Crippen molar-refractivity contribution in [3.63, 3.8) is 0 Å². The Kier molecular flexibility index (Phi) is 3.49. The molecule has 5 heteroatoms. The summed E-state index contributed by atoms with van der Waals surface area (Å²) in [6, 6.07) is 9.34. The van der Waals surface area contributed by atoms with Gasteiger partial charge in [-0.3, -0.25) is 16.1 Å². The first-order valence-electron chi connectivity index (χ1n) is 4.16. The van der Waals surface area contributed by atoms with E-state index >= 15 is 0 Å². The van der Waals surface area contributed by atoms with Gasteiger partial charge >= 0.3 is 0 Å². The highest BCUT2D eigenvalue weighted by molar-refractivity contribution is 6.02. The fourth-order valence-electron chi connectivity index (χ4n) is 0.885. The average Bonchev–Trinajstić information content (AvgIpc) is 2.19. The van der Waals surface area contributed by atoms with Crippen molar-refractivity contribution in [1.29, 1.82) is 10.8 Å². The third-order valence-electron chi connectivity index (χ3n) is 1.54. The van der Waals surface area contributed by atoms with Crippen LogP contribution in [0.1, 0.15) is 0 Å². The molecule has 5 N–H and O–H groups in total. The Bertz CT molecular complexity index is 319. The van der Waals surface area contributed by atoms with Crippen molar-refractivity contribution in [2.45, 2.75) is 0 Å². The molecule has 0 aromatic heterocycles. The first-order chi connectivity index (χ1) is 6.72. The molecule has 0 spiro atoms. The zero-order chi connectivity index (χ0) is 10.4. The zero-order valence-corrected chi connectivity index (χ0v) is 7.89. The van der Waals surface area contributed by atoms with E-state index in [4.69, 9.17) is 10.8 Å². The van der Waals surface area contributed by atoms with Gasteiger partial charge in [-0.15, -0.1) is 0 Å². The second kappa shape index (κ2) is 4.86. The molecule has 74 valence electrons. The summed E-state index contributed by atoms with van der Waals surface area (Å²) in [6.45, 7) is 0. The third-order valence-corrected chi connectivity index (χ3v) is 1.54. The van der Waals surface area contributed by atoms with E-state index in [1.807, 2.05) is 30.3 Å². The molecular weight excluding hydrogens is 178 g/mol. The Morgan fingerprint density at radius 1 is 1.07 bits per heavy atom. The van der Waals surface area contributed by atoms with Gasteiger partial charge in [-0.05, 0) is 12.1 Å². The molecule has 0 aliphatic heterocycles. The molecule has 0 saturated heterocycles. The van der Waals surface area contributed by atoms with Gasteiger partial charge in [0.05, 0.1) is 0 Å². The number of nitrogens with one attached hydrogen (secondary N) is 5. The Morgan fingerprint density at radius 3 is 2.29 bits per heavy atom. The first kappa shape index (κ1) is 10.0. The van der Waals surface area contributed by atoms with Crippen LogP contribution in [-0.2, 0) is 0 Å². The monoisotopic (exact) mass is 191 g/mol. The third kappa shape index (κ3) is 3.14. The van der Waals surface area contributed by atoms with Gasteiger partial charge in [-0.2, -0.15) is 0 Å². The van der Waals surface area contributed by atoms with Crippen molar-refractivity contribution in [3.05, 3.63) is 30.3 Å². The minimum absolute atomic E-state index is 0.0653. The molecule has 1 rings (SSSR count). The molecule has 0 saturated carbocycles. The van der Waals surface area contributed by atoms with Crippen molar-refractivity contribution in [2.24, 2.45) is 0 Å². The van der Waals surface area contributed by atoms with E-state index in [1.54, 1.807) is 7.05 Å². The van der Waals surface area contributed by atoms with Crippen LogP contribution in [0.25, 0.3) is 0 Å². The summed E-state index contributed by atoms with van der Waals surface area (Å²) in [5.41, 5.74) is 0.814. The van der Waals surface area contributed by atoms with Crippen LogP contribution in [0.4, 0.5) is 5.69 Å². The van der Waals surface area contributed by atoms with Gasteiger partial charge in [0, 0.05) is 12.7 Å². The van der Waals surface area contributed by atoms with Crippen LogP contribution in [0.15, 0.2) is 30.3 Å². The molecule has 0 fully saturated rings. The van der Waals surface area contributed by atoms with Crippen LogP contribution < -0.4 is 16.0 Å². The fourth-order valence-corrected chi connectivity index (χ4v) is 0.885. The van der Waals surface area contributed by atoms with Crippen molar-refractivity contribution in [1.82, 2.24) is 10.6 Å². The Hall–Kier alpha value is -2.04. The molecule has 0 aliphatic rings. The molecule has 14 heavy (non-hydrogen) atoms. The number of hydrogen-bond donors (Lipinski definition) is 5. The second-order valence-electron chi connectivity index (χ2n) is 2.62. The summed E-state index contributed by atoms with van der Waals surface area (Å²) < 4.78 is 0. The van der Waals surface area contributed by atoms with Crippen molar-refractivity contribution in [3.8, 4) is 0 Å². The minimum atomic E-state index is 0.0653. The molecule has 1 aromatic rings. The van der Waals surface area contributed by atoms with E-state index in [2.05, 4.69) is 16.0 Å². The first-order valence-corrected chi connectivity index (χ1v) is 4.16. The van der Waals surface area contributed by atoms with Gasteiger partial charge in [-0.25, -0.2) is 0 Å². The molecule has 0 unspecified atom stereocenters. The number of rotatable bonds is 1. The Balaban J connectivity index is 2.46. The highest BCUT2D eigenvalue weighted by Crippen LogP contribution is 2.03. The molecule has 1 aromatic carbocycles. The predicted molar refractivity (Wildman–Crippen MR) is 57.7 cm³/mol. The van der Waals surface area contributed by atoms with Gasteiger partial charge in [-0.1, -0.05) is 18.2 Å². The maximum atomic E-state index is 7.46. The molecule has 0 heterocycles. The summed E-state index contributed by atoms with van der Waals surface area (Å²) in [5, 5.41) is 22.6. The molecule has 0 aliphatic carbocycles. The quantitative estimate of drug-likeness (QED) is 0.336. The lowest BCUT2D eigenvalue weighted by Crippen LogP contribution is -2.41. The largest absolute Gasteiger partial charge is 0.359 e. The van der Waals surface area contributed by atoms with Crippen LogP contribution in [0.3, 0.4) is 0 Å². The van der Waals surface area contributed by atoms with E-state index in [0.717, 1.165) is 5.69 Å². The Morgan fingerprint density at radius 2 is 1.71 bits per heavy atom. The molecule has 0 radical (unpaired) electrons. The normalized spacial score (nSPS) is 8.93. The second-order valence-corrected chi connectivity index (χ2v) is 2.62. The minimum Gasteiger partial charge on any atom is -0.359 e. The van der Waals surface area contributed by atoms with E-state index in [0.29, 0.717) is 0 Å². The molecular formula is C9H13N5. The van der Waals surface area contributed by atoms with Gasteiger partial charge in [0.15, 0.2) is 11.9 Å². The summed E-state index contributed by atoms with van der Waals surface area (Å²) >= 11 is 0. The maximum absolute atomic E-state index is 7.46. The number of anilines is 1. The van der Waals surface area contributed by atoms with Crippen LogP contribution >= 0.6 is 0 Å². The van der Waals surface area contributed by atoms with Crippen LogP contribution in [0.2, 0.25) is 0 Å². The lowest BCUT2D eigenvalue weighted by Gasteiger charge is -2.10. The van der Waals surface area contributed by atoms with Crippen LogP contribution in [0, 0.1) is 10.8 Å². The summed E-state index contributed by atoms with van der Waals surface area (Å²) in [5.74, 6) is 0.147. The molecule has 0 amide bonds. The zero-order valence-electron chi connectivity index (χ0n) is 7.89. The number of benzene rings is 1. The topological polar surface area (TPSA) is 83.8 Å². The van der Waals surface area contributed by atoms with E-state index in [-0.39, 0.29) is 11.9 Å². The van der Waals surface area contributed by atoms with Crippen molar-refractivity contribution >= 4 is 17.6 Å². The number of hydrogen-bond acceptors (Lipinski definition) is 2. The van der Waals surface area contributed by atoms with E-state index < -0.39 is 0 Å². The van der Waals surface area contributed by atoms with Crippen molar-refractivity contribution < 1.29 is 0 Å². The smallest absolute Gasteiger partial charge is 0.199 e. The fraction of sp³-hybridized carbons (Fsp3) is 0.111. The lowest BCUT2D eigenvalue weighted by atomic mass is 10.3. The van der Waals surface area contributed by atoms with E-state index in [1.165, 1.54) is 0 Å². The van der Waals surface area contributed by atoms with Crippen molar-refractivity contribution in [2.75, 3.05) is 12.4 Å². The highest BCUT2D eigenvalue weighted by Gasteiger charge is 1.97. The average molecular weight is 191 g/mol. The van der Waals surface area contributed by atoms with Gasteiger partial charge in [0.25, 0.3) is 0 Å². The Labute approximate surface area is 82.5 Å². The predicted octanol–water partition coefficient (Wildman–Crippen LogP) is 0.777. The molecule has 0 atom stereocenters. The maximum Gasteiger partial charge on any atom is 0.199 e. The highest BCUT2D eigenvalue weighted by atomic mass is 15.2. The van der Waals surface area contributed by atoms with Crippen LogP contribution in [-0.4, -0.2) is 19.0 Å². The SMILES string of the molecule is CNC(=N)NC(=N)Nc1ccccc1. The standard InChI is InChI=1S/C9H13N5/c1-12-8(10)14-9(11)13-7-5-3-2-4-6-7/h2-6H,1H3,(H5,10,11,12,13,14). The van der Waals surface area contributed by atoms with Crippen LogP contribution in [0.5, 0.6) is 0 Å². The number of para-hydroxylation sites is 1. The molecule has 0 bridgehead atoms. The number of guanidine groups is 2. The van der Waals surface area contributed by atoms with Gasteiger partial charge < -0.3 is 10.6 Å². The van der Waals surface area contributed by atoms with Gasteiger partial charge in [0.2, 0.25) is 0 Å². The summed E-state index contributed by atoms with van der Waals surface area (Å²) in [6.07, 6.45) is 0. The summed E-state index contributed by atoms with van der Waals surface area (Å²) in [4.78, 5) is 0. The van der Waals surface area contributed by atoms with E-state index in [9.17, 15) is 0 Å². The lowest BCUT2D eigenvalue weighted by molar-refractivity contribution is 1.05. The van der Waals surface area contributed by atoms with Gasteiger partial charge in [0.1, 0.15) is 0 Å². The summed E-state index contributed by atoms with van der Waals surface area (Å²) in [7, 11) is 1.62.